The van der Waals surface area contributed by atoms with Crippen molar-refractivity contribution in [3.8, 4) is 0 Å². The molecule has 0 aromatic rings. The zero-order valence-electron chi connectivity index (χ0n) is 8.46. The van der Waals surface area contributed by atoms with Crippen molar-refractivity contribution >= 4 is 5.97 Å². The SMILES string of the molecule is CCC1CC=C(C(F)C(=O)O)C=C1C. The Kier molecular flexibility index (Phi) is 3.44. The molecule has 0 aromatic carbocycles. The van der Waals surface area contributed by atoms with Gasteiger partial charge in [-0.3, -0.25) is 0 Å². The van der Waals surface area contributed by atoms with Gasteiger partial charge in [0.05, 0.1) is 0 Å². The number of allylic oxidation sites excluding steroid dienone is 3. The quantitative estimate of drug-likeness (QED) is 0.757. The van der Waals surface area contributed by atoms with E-state index in [4.69, 9.17) is 5.11 Å². The van der Waals surface area contributed by atoms with Crippen LogP contribution in [-0.4, -0.2) is 17.2 Å². The molecule has 0 aliphatic heterocycles. The normalized spacial score (nSPS) is 23.8. The fraction of sp³-hybridized carbons (Fsp3) is 0.545. The summed E-state index contributed by atoms with van der Waals surface area (Å²) in [5.74, 6) is -0.963. The van der Waals surface area contributed by atoms with E-state index in [0.717, 1.165) is 18.4 Å². The highest BCUT2D eigenvalue weighted by Gasteiger charge is 2.23. The molecule has 0 bridgehead atoms. The maximum atomic E-state index is 13.1. The summed E-state index contributed by atoms with van der Waals surface area (Å²) in [4.78, 5) is 10.4. The Morgan fingerprint density at radius 1 is 1.79 bits per heavy atom. The third-order valence-electron chi connectivity index (χ3n) is 2.68. The second kappa shape index (κ2) is 4.40. The first kappa shape index (κ1) is 11.0. The largest absolute Gasteiger partial charge is 0.479 e. The van der Waals surface area contributed by atoms with Crippen molar-refractivity contribution in [2.75, 3.05) is 0 Å². The summed E-state index contributed by atoms with van der Waals surface area (Å²) >= 11 is 0. The van der Waals surface area contributed by atoms with Crippen molar-refractivity contribution in [1.29, 1.82) is 0 Å². The lowest BCUT2D eigenvalue weighted by atomic mass is 9.86. The van der Waals surface area contributed by atoms with Gasteiger partial charge in [0, 0.05) is 0 Å². The van der Waals surface area contributed by atoms with Gasteiger partial charge in [0.15, 0.2) is 0 Å². The fourth-order valence-corrected chi connectivity index (χ4v) is 1.71. The van der Waals surface area contributed by atoms with Gasteiger partial charge in [-0.25, -0.2) is 9.18 Å². The van der Waals surface area contributed by atoms with Gasteiger partial charge in [-0.1, -0.05) is 24.6 Å². The van der Waals surface area contributed by atoms with Crippen LogP contribution in [-0.2, 0) is 4.79 Å². The van der Waals surface area contributed by atoms with E-state index >= 15 is 0 Å². The minimum Gasteiger partial charge on any atom is -0.479 e. The van der Waals surface area contributed by atoms with Crippen LogP contribution < -0.4 is 0 Å². The highest BCUT2D eigenvalue weighted by Crippen LogP contribution is 2.28. The molecule has 0 heterocycles. The van der Waals surface area contributed by atoms with Crippen LogP contribution in [0.1, 0.15) is 26.7 Å². The molecule has 1 rings (SSSR count). The van der Waals surface area contributed by atoms with Gasteiger partial charge in [0.25, 0.3) is 0 Å². The molecule has 14 heavy (non-hydrogen) atoms. The van der Waals surface area contributed by atoms with E-state index in [0.29, 0.717) is 11.5 Å². The zero-order valence-corrected chi connectivity index (χ0v) is 8.46. The van der Waals surface area contributed by atoms with Gasteiger partial charge < -0.3 is 5.11 Å². The summed E-state index contributed by atoms with van der Waals surface area (Å²) in [5, 5.41) is 8.50. The van der Waals surface area contributed by atoms with E-state index in [1.165, 1.54) is 0 Å². The predicted molar refractivity (Wildman–Crippen MR) is 52.8 cm³/mol. The predicted octanol–water partition coefficient (Wildman–Crippen LogP) is 2.71. The van der Waals surface area contributed by atoms with Gasteiger partial charge >= 0.3 is 5.97 Å². The third kappa shape index (κ3) is 2.22. The molecule has 0 saturated carbocycles. The van der Waals surface area contributed by atoms with E-state index < -0.39 is 12.1 Å². The first-order chi connectivity index (χ1) is 6.56. The summed E-state index contributed by atoms with van der Waals surface area (Å²) in [6.07, 6.45) is 3.25. The number of aliphatic carboxylic acids is 1. The van der Waals surface area contributed by atoms with Crippen LogP contribution in [0.15, 0.2) is 23.3 Å². The van der Waals surface area contributed by atoms with E-state index in [-0.39, 0.29) is 0 Å². The standard InChI is InChI=1S/C11H15FO2/c1-3-8-4-5-9(6-7(8)2)10(12)11(13)14/h5-6,8,10H,3-4H2,1-2H3,(H,13,14). The minimum absolute atomic E-state index is 0.291. The monoisotopic (exact) mass is 198 g/mol. The molecule has 0 aromatic heterocycles. The number of halogens is 1. The van der Waals surface area contributed by atoms with E-state index in [9.17, 15) is 9.18 Å². The second-order valence-electron chi connectivity index (χ2n) is 3.63. The summed E-state index contributed by atoms with van der Waals surface area (Å²) in [6, 6.07) is 0. The summed E-state index contributed by atoms with van der Waals surface area (Å²) in [6.45, 7) is 4.00. The van der Waals surface area contributed by atoms with Crippen LogP contribution in [0.4, 0.5) is 4.39 Å². The van der Waals surface area contributed by atoms with Crippen LogP contribution in [0.3, 0.4) is 0 Å². The highest BCUT2D eigenvalue weighted by atomic mass is 19.1. The molecule has 0 radical (unpaired) electrons. The number of hydrogen-bond donors (Lipinski definition) is 1. The van der Waals surface area contributed by atoms with E-state index in [1.807, 2.05) is 6.92 Å². The molecule has 2 atom stereocenters. The first-order valence-electron chi connectivity index (χ1n) is 4.81. The van der Waals surface area contributed by atoms with Crippen LogP contribution in [0.2, 0.25) is 0 Å². The Morgan fingerprint density at radius 3 is 2.86 bits per heavy atom. The maximum absolute atomic E-state index is 13.1. The minimum atomic E-state index is -1.87. The number of rotatable bonds is 3. The number of carboxylic acids is 1. The Bertz CT molecular complexity index is 292. The van der Waals surface area contributed by atoms with Gasteiger partial charge in [-0.2, -0.15) is 0 Å². The molecule has 1 N–H and O–H groups in total. The highest BCUT2D eigenvalue weighted by molar-refractivity contribution is 5.77. The van der Waals surface area contributed by atoms with Crippen molar-refractivity contribution in [2.45, 2.75) is 32.9 Å². The molecule has 1 aliphatic rings. The van der Waals surface area contributed by atoms with Gasteiger partial charge in [-0.15, -0.1) is 0 Å². The van der Waals surface area contributed by atoms with Crippen LogP contribution in [0, 0.1) is 5.92 Å². The third-order valence-corrected chi connectivity index (χ3v) is 2.68. The molecule has 3 heteroatoms. The Morgan fingerprint density at radius 2 is 2.43 bits per heavy atom. The molecule has 0 amide bonds. The van der Waals surface area contributed by atoms with Crippen LogP contribution in [0.25, 0.3) is 0 Å². The Balaban J connectivity index is 2.77. The lowest BCUT2D eigenvalue weighted by molar-refractivity contribution is -0.141. The van der Waals surface area contributed by atoms with E-state index in [2.05, 4.69) is 6.92 Å². The number of hydrogen-bond acceptors (Lipinski definition) is 1. The summed E-state index contributed by atoms with van der Waals surface area (Å²) < 4.78 is 13.1. The number of alkyl halides is 1. The average molecular weight is 198 g/mol. The number of carbonyl (C=O) groups is 1. The molecule has 78 valence electrons. The molecule has 0 fully saturated rings. The van der Waals surface area contributed by atoms with E-state index in [1.54, 1.807) is 12.2 Å². The van der Waals surface area contributed by atoms with Crippen molar-refractivity contribution < 1.29 is 14.3 Å². The van der Waals surface area contributed by atoms with Crippen LogP contribution >= 0.6 is 0 Å². The lowest BCUT2D eigenvalue weighted by Gasteiger charge is -2.20. The molecular formula is C11H15FO2. The molecule has 2 unspecified atom stereocenters. The van der Waals surface area contributed by atoms with Crippen molar-refractivity contribution in [3.63, 3.8) is 0 Å². The lowest BCUT2D eigenvalue weighted by Crippen LogP contribution is -2.19. The Hall–Kier alpha value is -1.12. The second-order valence-corrected chi connectivity index (χ2v) is 3.63. The first-order valence-corrected chi connectivity index (χ1v) is 4.81. The molecule has 2 nitrogen and oxygen atoms in total. The smallest absolute Gasteiger partial charge is 0.343 e. The number of carboxylic acid groups (broad SMARTS) is 1. The fourth-order valence-electron chi connectivity index (χ4n) is 1.71. The molecule has 0 saturated heterocycles. The van der Waals surface area contributed by atoms with Gasteiger partial charge in [-0.05, 0) is 31.3 Å². The van der Waals surface area contributed by atoms with Crippen molar-refractivity contribution in [3.05, 3.63) is 23.3 Å². The van der Waals surface area contributed by atoms with Gasteiger partial charge in [0.1, 0.15) is 0 Å². The maximum Gasteiger partial charge on any atom is 0.343 e. The molecular weight excluding hydrogens is 183 g/mol. The summed E-state index contributed by atoms with van der Waals surface area (Å²) in [5.41, 5.74) is 1.37. The average Bonchev–Trinajstić information content (AvgIpc) is 2.16. The topological polar surface area (TPSA) is 37.3 Å². The zero-order chi connectivity index (χ0) is 10.7. The van der Waals surface area contributed by atoms with Gasteiger partial charge in [0.2, 0.25) is 6.17 Å². The Labute approximate surface area is 83.1 Å². The van der Waals surface area contributed by atoms with Crippen LogP contribution in [0.5, 0.6) is 0 Å². The molecule has 1 aliphatic carbocycles. The van der Waals surface area contributed by atoms with Crippen molar-refractivity contribution in [2.24, 2.45) is 5.92 Å². The van der Waals surface area contributed by atoms with Crippen molar-refractivity contribution in [1.82, 2.24) is 0 Å². The molecule has 0 spiro atoms. The summed E-state index contributed by atoms with van der Waals surface area (Å²) in [7, 11) is 0.